The molecular formula is C13H23NO4. The molecule has 5 heteroatoms. The molecule has 0 aromatic heterocycles. The highest BCUT2D eigenvalue weighted by atomic mass is 16.5. The highest BCUT2D eigenvalue weighted by Gasteiger charge is 2.26. The largest absolute Gasteiger partial charge is 0.481 e. The summed E-state index contributed by atoms with van der Waals surface area (Å²) < 4.78 is 5.55. The standard InChI is InChI=1S/C13H23NO4/c1-3-11-10(4-5-18-11)8-14-12(15)6-9(2)7-13(16)17/h9-11H,3-8H2,1-2H3,(H,14,15)(H,16,17). The topological polar surface area (TPSA) is 75.6 Å². The fourth-order valence-electron chi connectivity index (χ4n) is 2.38. The first kappa shape index (κ1) is 15.0. The quantitative estimate of drug-likeness (QED) is 0.723. The molecule has 1 amide bonds. The van der Waals surface area contributed by atoms with E-state index in [4.69, 9.17) is 9.84 Å². The number of aliphatic carboxylic acids is 1. The Morgan fingerprint density at radius 3 is 2.78 bits per heavy atom. The molecule has 104 valence electrons. The van der Waals surface area contributed by atoms with E-state index in [1.165, 1.54) is 0 Å². The van der Waals surface area contributed by atoms with Gasteiger partial charge in [0.1, 0.15) is 0 Å². The molecule has 1 aliphatic rings. The summed E-state index contributed by atoms with van der Waals surface area (Å²) in [5, 5.41) is 11.5. The van der Waals surface area contributed by atoms with Crippen LogP contribution in [0, 0.1) is 11.8 Å². The van der Waals surface area contributed by atoms with Crippen LogP contribution in [0.1, 0.15) is 39.5 Å². The Kier molecular flexibility index (Phi) is 6.12. The summed E-state index contributed by atoms with van der Waals surface area (Å²) >= 11 is 0. The van der Waals surface area contributed by atoms with Crippen LogP contribution in [0.4, 0.5) is 0 Å². The molecule has 0 bridgehead atoms. The summed E-state index contributed by atoms with van der Waals surface area (Å²) in [7, 11) is 0. The van der Waals surface area contributed by atoms with Crippen LogP contribution in [-0.2, 0) is 14.3 Å². The van der Waals surface area contributed by atoms with Gasteiger partial charge in [0.05, 0.1) is 6.10 Å². The summed E-state index contributed by atoms with van der Waals surface area (Å²) in [6, 6.07) is 0. The van der Waals surface area contributed by atoms with E-state index < -0.39 is 5.97 Å². The molecule has 0 aromatic carbocycles. The van der Waals surface area contributed by atoms with Gasteiger partial charge in [0.25, 0.3) is 0 Å². The number of ether oxygens (including phenoxy) is 1. The highest BCUT2D eigenvalue weighted by Crippen LogP contribution is 2.22. The zero-order chi connectivity index (χ0) is 13.5. The lowest BCUT2D eigenvalue weighted by Gasteiger charge is -2.17. The van der Waals surface area contributed by atoms with E-state index in [0.717, 1.165) is 19.4 Å². The summed E-state index contributed by atoms with van der Waals surface area (Å²) in [5.41, 5.74) is 0. The molecule has 3 unspecified atom stereocenters. The number of carbonyl (C=O) groups is 2. The summed E-state index contributed by atoms with van der Waals surface area (Å²) in [4.78, 5) is 22.1. The molecule has 1 aliphatic heterocycles. The molecule has 0 saturated carbocycles. The van der Waals surface area contributed by atoms with Gasteiger partial charge in [-0.1, -0.05) is 13.8 Å². The van der Waals surface area contributed by atoms with Gasteiger partial charge in [0, 0.05) is 31.9 Å². The normalized spacial score (nSPS) is 24.8. The predicted octanol–water partition coefficient (Wildman–Crippen LogP) is 1.42. The van der Waals surface area contributed by atoms with E-state index in [1.54, 1.807) is 6.92 Å². The van der Waals surface area contributed by atoms with Crippen molar-refractivity contribution in [2.24, 2.45) is 11.8 Å². The van der Waals surface area contributed by atoms with E-state index >= 15 is 0 Å². The molecule has 1 fully saturated rings. The van der Waals surface area contributed by atoms with E-state index in [0.29, 0.717) is 12.5 Å². The van der Waals surface area contributed by atoms with Crippen LogP contribution in [0.2, 0.25) is 0 Å². The Morgan fingerprint density at radius 2 is 2.17 bits per heavy atom. The van der Waals surface area contributed by atoms with Crippen LogP contribution in [0.5, 0.6) is 0 Å². The average molecular weight is 257 g/mol. The van der Waals surface area contributed by atoms with Gasteiger partial charge in [-0.3, -0.25) is 9.59 Å². The van der Waals surface area contributed by atoms with Crippen molar-refractivity contribution in [1.29, 1.82) is 0 Å². The van der Waals surface area contributed by atoms with Gasteiger partial charge in [-0.15, -0.1) is 0 Å². The van der Waals surface area contributed by atoms with Gasteiger partial charge in [0.15, 0.2) is 0 Å². The lowest BCUT2D eigenvalue weighted by molar-refractivity contribution is -0.138. The lowest BCUT2D eigenvalue weighted by Crippen LogP contribution is -2.33. The van der Waals surface area contributed by atoms with Crippen LogP contribution in [0.25, 0.3) is 0 Å². The third-order valence-electron chi connectivity index (χ3n) is 3.37. The van der Waals surface area contributed by atoms with E-state index in [-0.39, 0.29) is 30.8 Å². The Labute approximate surface area is 108 Å². The van der Waals surface area contributed by atoms with Gasteiger partial charge < -0.3 is 15.2 Å². The van der Waals surface area contributed by atoms with Crippen LogP contribution in [0.3, 0.4) is 0 Å². The molecule has 1 heterocycles. The zero-order valence-electron chi connectivity index (χ0n) is 11.1. The van der Waals surface area contributed by atoms with Crippen molar-refractivity contribution in [3.63, 3.8) is 0 Å². The summed E-state index contributed by atoms with van der Waals surface area (Å²) in [5.74, 6) is -0.644. The fraction of sp³-hybridized carbons (Fsp3) is 0.846. The third-order valence-corrected chi connectivity index (χ3v) is 3.37. The highest BCUT2D eigenvalue weighted by molar-refractivity contribution is 5.77. The minimum Gasteiger partial charge on any atom is -0.481 e. The molecular weight excluding hydrogens is 234 g/mol. The zero-order valence-corrected chi connectivity index (χ0v) is 11.1. The van der Waals surface area contributed by atoms with Crippen LogP contribution in [-0.4, -0.2) is 36.2 Å². The number of carbonyl (C=O) groups excluding carboxylic acids is 1. The number of hydrogen-bond acceptors (Lipinski definition) is 3. The minimum absolute atomic E-state index is 0.0392. The second-order valence-electron chi connectivity index (χ2n) is 5.08. The fourth-order valence-corrected chi connectivity index (χ4v) is 2.38. The van der Waals surface area contributed by atoms with Gasteiger partial charge in [0.2, 0.25) is 5.91 Å². The Morgan fingerprint density at radius 1 is 1.44 bits per heavy atom. The monoisotopic (exact) mass is 257 g/mol. The van der Waals surface area contributed by atoms with Crippen LogP contribution in [0.15, 0.2) is 0 Å². The molecule has 2 N–H and O–H groups in total. The Hall–Kier alpha value is -1.10. The molecule has 1 rings (SSSR count). The van der Waals surface area contributed by atoms with Crippen molar-refractivity contribution in [1.82, 2.24) is 5.32 Å². The number of amides is 1. The molecule has 0 spiro atoms. The second kappa shape index (κ2) is 7.36. The van der Waals surface area contributed by atoms with Crippen molar-refractivity contribution >= 4 is 11.9 Å². The Balaban J connectivity index is 2.22. The molecule has 5 nitrogen and oxygen atoms in total. The molecule has 0 aliphatic carbocycles. The van der Waals surface area contributed by atoms with Crippen LogP contribution >= 0.6 is 0 Å². The van der Waals surface area contributed by atoms with Crippen molar-refractivity contribution in [3.05, 3.63) is 0 Å². The van der Waals surface area contributed by atoms with Gasteiger partial charge >= 0.3 is 5.97 Å². The van der Waals surface area contributed by atoms with E-state index in [9.17, 15) is 9.59 Å². The van der Waals surface area contributed by atoms with Gasteiger partial charge in [-0.05, 0) is 18.8 Å². The van der Waals surface area contributed by atoms with E-state index in [2.05, 4.69) is 12.2 Å². The van der Waals surface area contributed by atoms with Crippen LogP contribution < -0.4 is 5.32 Å². The average Bonchev–Trinajstić information content (AvgIpc) is 2.72. The second-order valence-corrected chi connectivity index (χ2v) is 5.08. The minimum atomic E-state index is -0.856. The van der Waals surface area contributed by atoms with E-state index in [1.807, 2.05) is 0 Å². The summed E-state index contributed by atoms with van der Waals surface area (Å²) in [6.07, 6.45) is 2.52. The molecule has 0 radical (unpaired) electrons. The first-order chi connectivity index (χ1) is 8.52. The SMILES string of the molecule is CCC1OCCC1CNC(=O)CC(C)CC(=O)O. The summed E-state index contributed by atoms with van der Waals surface area (Å²) in [6.45, 7) is 5.27. The van der Waals surface area contributed by atoms with Gasteiger partial charge in [-0.2, -0.15) is 0 Å². The maximum absolute atomic E-state index is 11.6. The molecule has 0 aromatic rings. The first-order valence-electron chi connectivity index (χ1n) is 6.63. The Bertz CT molecular complexity index is 293. The number of hydrogen-bond donors (Lipinski definition) is 2. The van der Waals surface area contributed by atoms with Gasteiger partial charge in [-0.25, -0.2) is 0 Å². The first-order valence-corrected chi connectivity index (χ1v) is 6.63. The number of rotatable bonds is 7. The van der Waals surface area contributed by atoms with Crippen molar-refractivity contribution in [3.8, 4) is 0 Å². The lowest BCUT2D eigenvalue weighted by atomic mass is 9.99. The third kappa shape index (κ3) is 5.04. The van der Waals surface area contributed by atoms with Crippen molar-refractivity contribution in [2.75, 3.05) is 13.2 Å². The predicted molar refractivity (Wildman–Crippen MR) is 67.2 cm³/mol. The van der Waals surface area contributed by atoms with Crippen molar-refractivity contribution < 1.29 is 19.4 Å². The molecule has 18 heavy (non-hydrogen) atoms. The number of carboxylic acid groups (broad SMARTS) is 1. The number of nitrogens with one attached hydrogen (secondary N) is 1. The maximum Gasteiger partial charge on any atom is 0.303 e. The molecule has 3 atom stereocenters. The smallest absolute Gasteiger partial charge is 0.303 e. The van der Waals surface area contributed by atoms with Crippen molar-refractivity contribution in [2.45, 2.75) is 45.6 Å². The maximum atomic E-state index is 11.6. The molecule has 1 saturated heterocycles. The number of carboxylic acids is 1.